The zero-order valence-electron chi connectivity index (χ0n) is 11.1. The molecule has 7 heteroatoms. The number of halogens is 3. The molecule has 2 N–H and O–H groups in total. The van der Waals surface area contributed by atoms with E-state index in [1.807, 2.05) is 6.92 Å². The molecular weight excluding hydrogens is 290 g/mol. The van der Waals surface area contributed by atoms with Crippen LogP contribution in [0.4, 0.5) is 14.5 Å². The number of ether oxygens (including phenoxy) is 1. The van der Waals surface area contributed by atoms with Crippen molar-refractivity contribution in [2.75, 3.05) is 31.6 Å². The minimum Gasteiger partial charge on any atom is -0.385 e. The van der Waals surface area contributed by atoms with Crippen molar-refractivity contribution in [1.29, 1.82) is 0 Å². The Hall–Kier alpha value is -1.40. The molecule has 1 amide bonds. The van der Waals surface area contributed by atoms with E-state index in [1.165, 1.54) is 0 Å². The Balaban J connectivity index is 2.52. The summed E-state index contributed by atoms with van der Waals surface area (Å²) in [6, 6.07) is 4.95. The number of alkyl halides is 2. The second-order valence-corrected chi connectivity index (χ2v) is 4.38. The summed E-state index contributed by atoms with van der Waals surface area (Å²) in [5.41, 5.74) is 1.08. The average molecular weight is 307 g/mol. The Labute approximate surface area is 121 Å². The molecule has 0 spiro atoms. The lowest BCUT2D eigenvalue weighted by Crippen LogP contribution is -2.28. The van der Waals surface area contributed by atoms with Crippen LogP contribution in [0.25, 0.3) is 0 Å². The molecule has 0 saturated carbocycles. The van der Waals surface area contributed by atoms with Crippen molar-refractivity contribution in [2.45, 2.75) is 13.3 Å². The number of amides is 1. The monoisotopic (exact) mass is 306 g/mol. The van der Waals surface area contributed by atoms with E-state index in [-0.39, 0.29) is 19.1 Å². The minimum atomic E-state index is -2.50. The van der Waals surface area contributed by atoms with Gasteiger partial charge in [-0.1, -0.05) is 11.6 Å². The van der Waals surface area contributed by atoms with Crippen LogP contribution in [-0.4, -0.2) is 38.6 Å². The van der Waals surface area contributed by atoms with Gasteiger partial charge in [-0.25, -0.2) is 8.78 Å². The van der Waals surface area contributed by atoms with E-state index in [4.69, 9.17) is 11.6 Å². The number of carbonyl (C=O) groups excluding carboxylic acids is 1. The SMILES string of the molecule is CCNc1ccc(Cl)cc1C(=O)NCCOCC(F)F. The Morgan fingerprint density at radius 2 is 2.20 bits per heavy atom. The van der Waals surface area contributed by atoms with Gasteiger partial charge in [-0.3, -0.25) is 4.79 Å². The van der Waals surface area contributed by atoms with Crippen molar-refractivity contribution in [3.8, 4) is 0 Å². The van der Waals surface area contributed by atoms with E-state index in [2.05, 4.69) is 15.4 Å². The topological polar surface area (TPSA) is 50.4 Å². The third kappa shape index (κ3) is 5.71. The van der Waals surface area contributed by atoms with Crippen molar-refractivity contribution >= 4 is 23.2 Å². The maximum absolute atomic E-state index is 12.0. The molecule has 0 aliphatic heterocycles. The first-order valence-corrected chi connectivity index (χ1v) is 6.60. The number of benzene rings is 1. The predicted molar refractivity (Wildman–Crippen MR) is 74.8 cm³/mol. The van der Waals surface area contributed by atoms with E-state index in [9.17, 15) is 13.6 Å². The first-order valence-electron chi connectivity index (χ1n) is 6.22. The van der Waals surface area contributed by atoms with Crippen LogP contribution in [-0.2, 0) is 4.74 Å². The summed E-state index contributed by atoms with van der Waals surface area (Å²) in [7, 11) is 0. The summed E-state index contributed by atoms with van der Waals surface area (Å²) in [5, 5.41) is 6.09. The second-order valence-electron chi connectivity index (χ2n) is 3.94. The summed E-state index contributed by atoms with van der Waals surface area (Å²) in [4.78, 5) is 12.0. The van der Waals surface area contributed by atoms with Gasteiger partial charge in [0.15, 0.2) is 0 Å². The van der Waals surface area contributed by atoms with Crippen molar-refractivity contribution in [2.24, 2.45) is 0 Å². The van der Waals surface area contributed by atoms with E-state index in [0.29, 0.717) is 22.8 Å². The van der Waals surface area contributed by atoms with Gasteiger partial charge in [0.1, 0.15) is 6.61 Å². The summed E-state index contributed by atoms with van der Waals surface area (Å²) < 4.78 is 28.3. The highest BCUT2D eigenvalue weighted by atomic mass is 35.5. The fourth-order valence-electron chi connectivity index (χ4n) is 1.55. The fourth-order valence-corrected chi connectivity index (χ4v) is 1.73. The van der Waals surface area contributed by atoms with Gasteiger partial charge in [0, 0.05) is 23.8 Å². The van der Waals surface area contributed by atoms with Crippen LogP contribution in [0, 0.1) is 0 Å². The average Bonchev–Trinajstić information content (AvgIpc) is 2.40. The third-order valence-electron chi connectivity index (χ3n) is 2.37. The zero-order chi connectivity index (χ0) is 15.0. The number of anilines is 1. The molecule has 0 heterocycles. The maximum Gasteiger partial charge on any atom is 0.261 e. The molecule has 0 radical (unpaired) electrons. The predicted octanol–water partition coefficient (Wildman–Crippen LogP) is 2.78. The zero-order valence-corrected chi connectivity index (χ0v) is 11.8. The Morgan fingerprint density at radius 1 is 1.45 bits per heavy atom. The van der Waals surface area contributed by atoms with Gasteiger partial charge in [-0.15, -0.1) is 0 Å². The summed E-state index contributed by atoms with van der Waals surface area (Å²) in [6.45, 7) is 2.14. The highest BCUT2D eigenvalue weighted by molar-refractivity contribution is 6.31. The fraction of sp³-hybridized carbons (Fsp3) is 0.462. The third-order valence-corrected chi connectivity index (χ3v) is 2.60. The minimum absolute atomic E-state index is 0.0349. The molecule has 1 aromatic carbocycles. The molecule has 1 aromatic rings. The highest BCUT2D eigenvalue weighted by Crippen LogP contribution is 2.20. The molecule has 0 saturated heterocycles. The molecule has 0 bridgehead atoms. The number of rotatable bonds is 8. The van der Waals surface area contributed by atoms with E-state index in [1.54, 1.807) is 18.2 Å². The Kier molecular flexibility index (Phi) is 7.25. The maximum atomic E-state index is 12.0. The molecule has 0 unspecified atom stereocenters. The number of carbonyl (C=O) groups is 1. The Morgan fingerprint density at radius 3 is 2.85 bits per heavy atom. The standard InChI is InChI=1S/C13H17ClF2N2O2/c1-2-17-11-4-3-9(14)7-10(11)13(19)18-5-6-20-8-12(15)16/h3-4,7,12,17H,2,5-6,8H2,1H3,(H,18,19). The molecule has 0 aliphatic rings. The first-order chi connectivity index (χ1) is 9.54. The smallest absolute Gasteiger partial charge is 0.261 e. The van der Waals surface area contributed by atoms with Crippen molar-refractivity contribution in [3.05, 3.63) is 28.8 Å². The molecule has 112 valence electrons. The van der Waals surface area contributed by atoms with Crippen LogP contribution in [0.15, 0.2) is 18.2 Å². The van der Waals surface area contributed by atoms with Gasteiger partial charge in [-0.2, -0.15) is 0 Å². The van der Waals surface area contributed by atoms with E-state index < -0.39 is 13.0 Å². The molecule has 1 rings (SSSR count). The van der Waals surface area contributed by atoms with Crippen LogP contribution in [0.1, 0.15) is 17.3 Å². The van der Waals surface area contributed by atoms with Gasteiger partial charge in [0.25, 0.3) is 12.3 Å². The second kappa shape index (κ2) is 8.71. The van der Waals surface area contributed by atoms with Crippen LogP contribution < -0.4 is 10.6 Å². The molecule has 20 heavy (non-hydrogen) atoms. The van der Waals surface area contributed by atoms with Crippen molar-refractivity contribution in [3.63, 3.8) is 0 Å². The van der Waals surface area contributed by atoms with Gasteiger partial charge in [0.05, 0.1) is 12.2 Å². The van der Waals surface area contributed by atoms with Crippen LogP contribution in [0.3, 0.4) is 0 Å². The quantitative estimate of drug-likeness (QED) is 0.726. The number of hydrogen-bond donors (Lipinski definition) is 2. The van der Waals surface area contributed by atoms with Crippen LogP contribution in [0.2, 0.25) is 5.02 Å². The largest absolute Gasteiger partial charge is 0.385 e. The summed E-state index contributed by atoms with van der Waals surface area (Å²) in [6.07, 6.45) is -2.50. The first kappa shape index (κ1) is 16.7. The number of nitrogens with one attached hydrogen (secondary N) is 2. The molecule has 0 aliphatic carbocycles. The van der Waals surface area contributed by atoms with E-state index in [0.717, 1.165) is 0 Å². The van der Waals surface area contributed by atoms with Crippen LogP contribution in [0.5, 0.6) is 0 Å². The summed E-state index contributed by atoms with van der Waals surface area (Å²) >= 11 is 5.86. The van der Waals surface area contributed by atoms with Crippen molar-refractivity contribution < 1.29 is 18.3 Å². The number of hydrogen-bond acceptors (Lipinski definition) is 3. The highest BCUT2D eigenvalue weighted by Gasteiger charge is 2.11. The van der Waals surface area contributed by atoms with Gasteiger partial charge in [-0.05, 0) is 25.1 Å². The van der Waals surface area contributed by atoms with E-state index >= 15 is 0 Å². The van der Waals surface area contributed by atoms with Gasteiger partial charge < -0.3 is 15.4 Å². The Bertz CT molecular complexity index is 444. The van der Waals surface area contributed by atoms with Gasteiger partial charge in [0.2, 0.25) is 0 Å². The molecule has 0 atom stereocenters. The lowest BCUT2D eigenvalue weighted by Gasteiger charge is -2.11. The normalized spacial score (nSPS) is 10.7. The van der Waals surface area contributed by atoms with Crippen molar-refractivity contribution in [1.82, 2.24) is 5.32 Å². The molecular formula is C13H17ClF2N2O2. The van der Waals surface area contributed by atoms with Crippen LogP contribution >= 0.6 is 11.6 Å². The lowest BCUT2D eigenvalue weighted by molar-refractivity contribution is 0.0188. The molecule has 4 nitrogen and oxygen atoms in total. The molecule has 0 fully saturated rings. The lowest BCUT2D eigenvalue weighted by atomic mass is 10.1. The summed E-state index contributed by atoms with van der Waals surface area (Å²) in [5.74, 6) is -0.330. The molecule has 0 aromatic heterocycles. The van der Waals surface area contributed by atoms with Gasteiger partial charge >= 0.3 is 0 Å².